The van der Waals surface area contributed by atoms with Gasteiger partial charge in [-0.1, -0.05) is 6.58 Å². The van der Waals surface area contributed by atoms with Gasteiger partial charge in [-0.15, -0.1) is 0 Å². The second-order valence-electron chi connectivity index (χ2n) is 4.08. The highest BCUT2D eigenvalue weighted by Crippen LogP contribution is 2.06. The molecule has 17 heavy (non-hydrogen) atoms. The molecule has 6 nitrogen and oxygen atoms in total. The summed E-state index contributed by atoms with van der Waals surface area (Å²) < 4.78 is 0. The monoisotopic (exact) mass is 245 g/mol. The van der Waals surface area contributed by atoms with Crippen molar-refractivity contribution in [1.29, 1.82) is 0 Å². The molecule has 0 rings (SSSR count). The van der Waals surface area contributed by atoms with Crippen LogP contribution in [-0.4, -0.2) is 57.4 Å². The SMILES string of the molecule is C=C(CC(=O)O)C(=O)N(CC(C)O)CC(C)O. The number of hydrogen-bond acceptors (Lipinski definition) is 4. The maximum atomic E-state index is 11.8. The third-order valence-corrected chi connectivity index (χ3v) is 1.92. The summed E-state index contributed by atoms with van der Waals surface area (Å²) in [7, 11) is 0. The number of carbonyl (C=O) groups excluding carboxylic acids is 1. The van der Waals surface area contributed by atoms with Gasteiger partial charge < -0.3 is 20.2 Å². The number of aliphatic hydroxyl groups excluding tert-OH is 2. The molecule has 0 aliphatic heterocycles. The molecule has 3 N–H and O–H groups in total. The lowest BCUT2D eigenvalue weighted by Crippen LogP contribution is -2.41. The van der Waals surface area contributed by atoms with Gasteiger partial charge in [-0.25, -0.2) is 0 Å². The van der Waals surface area contributed by atoms with Crippen LogP contribution in [0.4, 0.5) is 0 Å². The van der Waals surface area contributed by atoms with Crippen molar-refractivity contribution in [1.82, 2.24) is 4.90 Å². The first-order valence-electron chi connectivity index (χ1n) is 5.29. The fourth-order valence-corrected chi connectivity index (χ4v) is 1.36. The fraction of sp³-hybridized carbons (Fsp3) is 0.636. The topological polar surface area (TPSA) is 98.1 Å². The van der Waals surface area contributed by atoms with E-state index in [0.717, 1.165) is 0 Å². The predicted octanol–water partition coefficient (Wildman–Crippen LogP) is -0.392. The Bertz CT molecular complexity index is 288. The van der Waals surface area contributed by atoms with E-state index in [4.69, 9.17) is 5.11 Å². The summed E-state index contributed by atoms with van der Waals surface area (Å²) in [5.41, 5.74) is -0.0706. The molecule has 6 heteroatoms. The minimum Gasteiger partial charge on any atom is -0.481 e. The summed E-state index contributed by atoms with van der Waals surface area (Å²) in [5.74, 6) is -1.70. The number of rotatable bonds is 7. The zero-order valence-corrected chi connectivity index (χ0v) is 10.1. The normalized spacial score (nSPS) is 13.9. The highest BCUT2D eigenvalue weighted by atomic mass is 16.4. The molecule has 1 amide bonds. The molecular weight excluding hydrogens is 226 g/mol. The quantitative estimate of drug-likeness (QED) is 0.530. The minimum absolute atomic E-state index is 0.0301. The van der Waals surface area contributed by atoms with Crippen molar-refractivity contribution in [3.8, 4) is 0 Å². The largest absolute Gasteiger partial charge is 0.481 e. The molecule has 0 aliphatic rings. The van der Waals surface area contributed by atoms with E-state index in [1.165, 1.54) is 18.7 Å². The molecule has 0 spiro atoms. The van der Waals surface area contributed by atoms with Gasteiger partial charge in [0, 0.05) is 18.7 Å². The average molecular weight is 245 g/mol. The van der Waals surface area contributed by atoms with E-state index in [0.29, 0.717) is 0 Å². The molecule has 0 aliphatic carbocycles. The summed E-state index contributed by atoms with van der Waals surface area (Å²) >= 11 is 0. The molecule has 0 saturated carbocycles. The highest BCUT2D eigenvalue weighted by Gasteiger charge is 2.21. The predicted molar refractivity (Wildman–Crippen MR) is 61.3 cm³/mol. The van der Waals surface area contributed by atoms with Gasteiger partial charge >= 0.3 is 5.97 Å². The van der Waals surface area contributed by atoms with Gasteiger partial charge in [0.2, 0.25) is 5.91 Å². The van der Waals surface area contributed by atoms with Crippen LogP contribution in [0.5, 0.6) is 0 Å². The van der Waals surface area contributed by atoms with E-state index in [1.807, 2.05) is 0 Å². The van der Waals surface area contributed by atoms with Crippen LogP contribution in [0, 0.1) is 0 Å². The van der Waals surface area contributed by atoms with E-state index >= 15 is 0 Å². The summed E-state index contributed by atoms with van der Waals surface area (Å²) in [4.78, 5) is 23.4. The number of amides is 1. The van der Waals surface area contributed by atoms with Crippen LogP contribution in [-0.2, 0) is 9.59 Å². The summed E-state index contributed by atoms with van der Waals surface area (Å²) in [6.07, 6.45) is -1.96. The first kappa shape index (κ1) is 15.6. The van der Waals surface area contributed by atoms with Gasteiger partial charge in [0.1, 0.15) is 0 Å². The van der Waals surface area contributed by atoms with Crippen molar-refractivity contribution < 1.29 is 24.9 Å². The highest BCUT2D eigenvalue weighted by molar-refractivity contribution is 5.96. The third kappa shape index (κ3) is 6.70. The van der Waals surface area contributed by atoms with E-state index in [2.05, 4.69) is 6.58 Å². The van der Waals surface area contributed by atoms with Gasteiger partial charge in [0.25, 0.3) is 0 Å². The molecule has 0 bridgehead atoms. The average Bonchev–Trinajstić information content (AvgIpc) is 2.12. The summed E-state index contributed by atoms with van der Waals surface area (Å²) in [5, 5.41) is 27.0. The lowest BCUT2D eigenvalue weighted by atomic mass is 10.1. The lowest BCUT2D eigenvalue weighted by molar-refractivity contribution is -0.138. The Balaban J connectivity index is 4.61. The standard InChI is InChI=1S/C11H19NO5/c1-7(4-10(15)16)11(17)12(5-8(2)13)6-9(3)14/h8-9,13-14H,1,4-6H2,2-3H3,(H,15,16). The van der Waals surface area contributed by atoms with E-state index < -0.39 is 30.5 Å². The van der Waals surface area contributed by atoms with Crippen LogP contribution in [0.1, 0.15) is 20.3 Å². The number of aliphatic hydroxyl groups is 2. The number of carboxylic acids is 1. The maximum absolute atomic E-state index is 11.8. The summed E-state index contributed by atoms with van der Waals surface area (Å²) in [6, 6.07) is 0. The summed E-state index contributed by atoms with van der Waals surface area (Å²) in [6.45, 7) is 6.46. The van der Waals surface area contributed by atoms with Crippen molar-refractivity contribution in [3.63, 3.8) is 0 Å². The Labute approximate surface area is 100 Å². The van der Waals surface area contributed by atoms with Crippen molar-refractivity contribution >= 4 is 11.9 Å². The van der Waals surface area contributed by atoms with Gasteiger partial charge in [-0.2, -0.15) is 0 Å². The number of nitrogens with zero attached hydrogens (tertiary/aromatic N) is 1. The van der Waals surface area contributed by atoms with Crippen LogP contribution in [0.2, 0.25) is 0 Å². The Morgan fingerprint density at radius 1 is 1.18 bits per heavy atom. The Morgan fingerprint density at radius 2 is 1.59 bits per heavy atom. The molecule has 2 unspecified atom stereocenters. The molecule has 0 aromatic rings. The smallest absolute Gasteiger partial charge is 0.308 e. The number of carboxylic acid groups (broad SMARTS) is 1. The second-order valence-corrected chi connectivity index (χ2v) is 4.08. The zero-order valence-electron chi connectivity index (χ0n) is 10.1. The second kappa shape index (κ2) is 7.03. The van der Waals surface area contributed by atoms with E-state index in [9.17, 15) is 19.8 Å². The number of carbonyl (C=O) groups is 2. The Kier molecular flexibility index (Phi) is 6.45. The minimum atomic E-state index is -1.14. The van der Waals surface area contributed by atoms with Crippen LogP contribution in [0.3, 0.4) is 0 Å². The molecule has 0 heterocycles. The van der Waals surface area contributed by atoms with Crippen molar-refractivity contribution in [2.75, 3.05) is 13.1 Å². The molecule has 2 atom stereocenters. The van der Waals surface area contributed by atoms with Gasteiger partial charge in [0.05, 0.1) is 18.6 Å². The molecule has 0 aromatic heterocycles. The van der Waals surface area contributed by atoms with Gasteiger partial charge in [0.15, 0.2) is 0 Å². The molecule has 0 aromatic carbocycles. The van der Waals surface area contributed by atoms with E-state index in [1.54, 1.807) is 0 Å². The number of hydrogen-bond donors (Lipinski definition) is 3. The van der Waals surface area contributed by atoms with Crippen molar-refractivity contribution in [2.24, 2.45) is 0 Å². The van der Waals surface area contributed by atoms with Crippen LogP contribution >= 0.6 is 0 Å². The lowest BCUT2D eigenvalue weighted by Gasteiger charge is -2.25. The number of aliphatic carboxylic acids is 1. The molecular formula is C11H19NO5. The third-order valence-electron chi connectivity index (χ3n) is 1.92. The maximum Gasteiger partial charge on any atom is 0.308 e. The molecule has 0 fully saturated rings. The van der Waals surface area contributed by atoms with E-state index in [-0.39, 0.29) is 18.7 Å². The fourth-order valence-electron chi connectivity index (χ4n) is 1.36. The first-order valence-corrected chi connectivity index (χ1v) is 5.29. The van der Waals surface area contributed by atoms with Crippen LogP contribution in [0.25, 0.3) is 0 Å². The molecule has 98 valence electrons. The Hall–Kier alpha value is -1.40. The first-order chi connectivity index (χ1) is 7.73. The van der Waals surface area contributed by atoms with Crippen LogP contribution < -0.4 is 0 Å². The van der Waals surface area contributed by atoms with Crippen LogP contribution in [0.15, 0.2) is 12.2 Å². The van der Waals surface area contributed by atoms with Gasteiger partial charge in [-0.3, -0.25) is 9.59 Å². The Morgan fingerprint density at radius 3 is 1.88 bits per heavy atom. The molecule has 0 saturated heterocycles. The van der Waals surface area contributed by atoms with Gasteiger partial charge in [-0.05, 0) is 13.8 Å². The molecule has 0 radical (unpaired) electrons. The zero-order chi connectivity index (χ0) is 13.6. The van der Waals surface area contributed by atoms with Crippen molar-refractivity contribution in [3.05, 3.63) is 12.2 Å². The van der Waals surface area contributed by atoms with Crippen molar-refractivity contribution in [2.45, 2.75) is 32.5 Å².